The maximum Gasteiger partial charge on any atom is 0.435 e. The molecule has 0 aliphatic carbocycles. The molecule has 0 saturated carbocycles. The third-order valence-electron chi connectivity index (χ3n) is 4.95. The van der Waals surface area contributed by atoms with E-state index in [0.717, 1.165) is 29.3 Å². The van der Waals surface area contributed by atoms with E-state index in [9.17, 15) is 47.6 Å². The zero-order chi connectivity index (χ0) is 33.8. The van der Waals surface area contributed by atoms with E-state index in [-0.39, 0.29) is 20.7 Å². The van der Waals surface area contributed by atoms with Gasteiger partial charge in [-0.2, -0.15) is 36.5 Å². The van der Waals surface area contributed by atoms with Gasteiger partial charge >= 0.3 is 16.8 Å². The van der Waals surface area contributed by atoms with Crippen LogP contribution in [0.2, 0.25) is 10.3 Å². The molecule has 0 amide bonds. The molecule has 26 heteroatoms. The maximum absolute atomic E-state index is 14.9. The van der Waals surface area contributed by atoms with Crippen LogP contribution in [0, 0.1) is 0 Å². The average Bonchev–Trinajstić information content (AvgIpc) is 3.64. The van der Waals surface area contributed by atoms with Crippen molar-refractivity contribution in [2.75, 3.05) is 0 Å². The van der Waals surface area contributed by atoms with Gasteiger partial charge in [0.05, 0.1) is 31.3 Å². The van der Waals surface area contributed by atoms with Crippen molar-refractivity contribution >= 4 is 109 Å². The summed E-state index contributed by atoms with van der Waals surface area (Å²) in [5.74, 6) is -0.922. The van der Waals surface area contributed by atoms with Gasteiger partial charge in [-0.25, -0.2) is 31.2 Å². The summed E-state index contributed by atoms with van der Waals surface area (Å²) in [7, 11) is -6.98. The number of rotatable bonds is 6. The van der Waals surface area contributed by atoms with Gasteiger partial charge in [0.15, 0.2) is 11.4 Å². The van der Waals surface area contributed by atoms with Gasteiger partial charge in [-0.05, 0) is 31.9 Å². The summed E-state index contributed by atoms with van der Waals surface area (Å²) < 4.78 is 138. The molecule has 1 atom stereocenters. The first-order chi connectivity index (χ1) is 19.8. The fraction of sp³-hybridized carbons (Fsp3) is 0.368. The van der Waals surface area contributed by atoms with Crippen molar-refractivity contribution < 1.29 is 47.6 Å². The lowest BCUT2D eigenvalue weighted by Gasteiger charge is -2.18. The minimum atomic E-state index is -5.16. The van der Waals surface area contributed by atoms with Crippen LogP contribution in [0.4, 0.5) is 30.7 Å². The monoisotopic (exact) mass is 914 g/mol. The van der Waals surface area contributed by atoms with E-state index < -0.39 is 74.2 Å². The number of nitrogens with zero attached hydrogens (tertiary/aromatic N) is 6. The van der Waals surface area contributed by atoms with Crippen LogP contribution >= 0.6 is 89.3 Å². The molecule has 4 rings (SSSR count). The number of aryl methyl sites for hydroxylation is 2. The Morgan fingerprint density at radius 2 is 1.22 bits per heavy atom. The summed E-state index contributed by atoms with van der Waals surface area (Å²) in [5.41, 5.74) is -5.23. The summed E-state index contributed by atoms with van der Waals surface area (Å²) in [4.78, 5) is 7.06. The van der Waals surface area contributed by atoms with E-state index in [4.69, 9.17) is 34.8 Å². The largest absolute Gasteiger partial charge is 0.435 e. The number of hydrogen-bond acceptors (Lipinski definition) is 10. The second kappa shape index (κ2) is 13.8. The van der Waals surface area contributed by atoms with E-state index in [1.165, 1.54) is 13.2 Å². The molecule has 0 aliphatic heterocycles. The van der Waals surface area contributed by atoms with Gasteiger partial charge in [0.2, 0.25) is 18.5 Å². The molecule has 45 heavy (non-hydrogen) atoms. The van der Waals surface area contributed by atoms with E-state index in [1.54, 1.807) is 0 Å². The van der Waals surface area contributed by atoms with E-state index in [0.29, 0.717) is 19.8 Å². The van der Waals surface area contributed by atoms with Crippen molar-refractivity contribution in [2.24, 2.45) is 14.1 Å². The van der Waals surface area contributed by atoms with Crippen LogP contribution in [0.5, 0.6) is 0 Å². The Balaban J connectivity index is 0.000000308. The Morgan fingerprint density at radius 1 is 0.800 bits per heavy atom. The molecule has 4 heterocycles. The minimum Gasteiger partial charge on any atom is -0.256 e. The van der Waals surface area contributed by atoms with E-state index in [2.05, 4.69) is 52.0 Å². The molecule has 4 aromatic rings. The molecule has 0 radical (unpaired) electrons. The highest BCUT2D eigenvalue weighted by atomic mass is 79.9. The van der Waals surface area contributed by atoms with Gasteiger partial charge in [0.25, 0.3) is 9.84 Å². The highest BCUT2D eigenvalue weighted by Gasteiger charge is 2.55. The molecule has 10 nitrogen and oxygen atoms in total. The second-order valence-electron chi connectivity index (χ2n) is 8.01. The summed E-state index contributed by atoms with van der Waals surface area (Å²) in [6, 6.07) is 0. The van der Waals surface area contributed by atoms with Gasteiger partial charge in [0.1, 0.15) is 10.3 Å². The summed E-state index contributed by atoms with van der Waals surface area (Å²) in [6.45, 7) is 0. The van der Waals surface area contributed by atoms with Gasteiger partial charge in [-0.3, -0.25) is 9.36 Å². The van der Waals surface area contributed by atoms with Crippen LogP contribution in [0.25, 0.3) is 0 Å². The Kier molecular flexibility index (Phi) is 12.3. The maximum atomic E-state index is 14.9. The first kappa shape index (κ1) is 40.1. The Hall–Kier alpha value is -1.08. The topological polar surface area (TPSA) is 130 Å². The number of sulfone groups is 2. The second-order valence-corrected chi connectivity index (χ2v) is 18.7. The zero-order valence-electron chi connectivity index (χ0n) is 20.8. The van der Waals surface area contributed by atoms with Crippen LogP contribution in [0.15, 0.2) is 28.6 Å². The molecule has 4 aromatic heterocycles. The van der Waals surface area contributed by atoms with Crippen LogP contribution < -0.4 is 0 Å². The normalized spacial score (nSPS) is 14.0. The van der Waals surface area contributed by atoms with Gasteiger partial charge in [-0.15, -0.1) is 0 Å². The molecule has 0 bridgehead atoms. The van der Waals surface area contributed by atoms with Crippen LogP contribution in [-0.4, -0.2) is 46.4 Å². The van der Waals surface area contributed by atoms with Crippen LogP contribution in [0.1, 0.15) is 29.9 Å². The highest BCUT2D eigenvalue weighted by Crippen LogP contribution is 2.49. The predicted molar refractivity (Wildman–Crippen MR) is 160 cm³/mol. The van der Waals surface area contributed by atoms with Crippen molar-refractivity contribution in [3.05, 3.63) is 52.8 Å². The number of aromatic nitrogens is 6. The van der Waals surface area contributed by atoms with E-state index in [1.807, 2.05) is 0 Å². The van der Waals surface area contributed by atoms with Crippen molar-refractivity contribution in [3.8, 4) is 0 Å². The third-order valence-corrected chi connectivity index (χ3v) is 13.9. The average molecular weight is 918 g/mol. The zero-order valence-corrected chi connectivity index (χ0v) is 29.6. The summed E-state index contributed by atoms with van der Waals surface area (Å²) in [5, 5.41) is 4.97. The summed E-state index contributed by atoms with van der Waals surface area (Å²) in [6.07, 6.45) is -7.65. The van der Waals surface area contributed by atoms with Crippen molar-refractivity contribution in [3.63, 3.8) is 0 Å². The van der Waals surface area contributed by atoms with Gasteiger partial charge in [-0.1, -0.05) is 64.9 Å². The first-order valence-electron chi connectivity index (χ1n) is 10.5. The number of thiazole rings is 2. The SMILES string of the molecule is C.Cn1nc(C(F)(F)F)c(C(F)(Cl)S(=O)(=O)c2ncc(Br)s2)c1Cl.Cn1nc(C(F)(F)F)c(CS(=O)(=O)c2ncc(Br)s2)c1Cl. The van der Waals surface area contributed by atoms with Crippen molar-refractivity contribution in [2.45, 2.75) is 38.7 Å². The molecule has 0 aromatic carbocycles. The predicted octanol–water partition coefficient (Wildman–Crippen LogP) is 8.03. The van der Waals surface area contributed by atoms with Gasteiger partial charge in [0, 0.05) is 19.7 Å². The lowest BCUT2D eigenvalue weighted by atomic mass is 10.2. The van der Waals surface area contributed by atoms with Crippen molar-refractivity contribution in [1.29, 1.82) is 0 Å². The number of alkyl halides is 8. The molecule has 252 valence electrons. The Morgan fingerprint density at radius 3 is 1.64 bits per heavy atom. The van der Waals surface area contributed by atoms with Gasteiger partial charge < -0.3 is 0 Å². The molecule has 0 saturated heterocycles. The molecule has 0 fully saturated rings. The molecular weight excluding hydrogens is 904 g/mol. The molecule has 0 aliphatic rings. The fourth-order valence-corrected chi connectivity index (χ4v) is 10.7. The smallest absolute Gasteiger partial charge is 0.256 e. The third kappa shape index (κ3) is 8.32. The lowest BCUT2D eigenvalue weighted by Crippen LogP contribution is -2.28. The Bertz CT molecular complexity index is 1920. The fourth-order valence-electron chi connectivity index (χ4n) is 3.11. The van der Waals surface area contributed by atoms with Crippen LogP contribution in [-0.2, 0) is 56.3 Å². The minimum absolute atomic E-state index is 0. The number of halogens is 12. The quantitative estimate of drug-likeness (QED) is 0.141. The molecule has 0 spiro atoms. The highest BCUT2D eigenvalue weighted by molar-refractivity contribution is 9.11. The van der Waals surface area contributed by atoms with Crippen LogP contribution in [0.3, 0.4) is 0 Å². The first-order valence-corrected chi connectivity index (χ1v) is 18.0. The molecule has 1 unspecified atom stereocenters. The van der Waals surface area contributed by atoms with Crippen molar-refractivity contribution in [1.82, 2.24) is 29.5 Å². The summed E-state index contributed by atoms with van der Waals surface area (Å²) >= 11 is 24.0. The van der Waals surface area contributed by atoms with E-state index >= 15 is 0 Å². The lowest BCUT2D eigenvalue weighted by molar-refractivity contribution is -0.143. The molecule has 0 N–H and O–H groups in total. The molecular formula is C19H14Br2Cl3F7N6O4S4. The number of hydrogen-bond donors (Lipinski definition) is 0. The Labute approximate surface area is 289 Å². The standard InChI is InChI=1S/C9H4BrCl2F4N3O2S2.C9H6BrClF3N3O2S2.CH4/c1-19-6(11)4(5(18-19)9(14,15)16)8(12,13)23(20,21)7-17-2-3(10)22-7;1-17-7(11)4(6(16-17)9(12,13)14)3-21(18,19)8-15-2-5(10)20-8;/h2H,1H3;2H,3H2,1H3;1H4.